The second-order valence-corrected chi connectivity index (χ2v) is 4.46. The molecule has 92 valence electrons. The molecule has 0 saturated carbocycles. The summed E-state index contributed by atoms with van der Waals surface area (Å²) in [4.78, 5) is 24.3. The molecule has 2 amide bonds. The van der Waals surface area contributed by atoms with Crippen LogP contribution in [-0.4, -0.2) is 21.8 Å². The molecule has 0 radical (unpaired) electrons. The minimum absolute atomic E-state index is 0.0887. The molecule has 1 fully saturated rings. The van der Waals surface area contributed by atoms with Gasteiger partial charge in [-0.05, 0) is 29.9 Å². The van der Waals surface area contributed by atoms with E-state index in [4.69, 9.17) is 23.8 Å². The number of halogens is 1. The third-order valence-electron chi connectivity index (χ3n) is 2.41. The number of benzene rings is 1. The lowest BCUT2D eigenvalue weighted by Gasteiger charge is -2.12. The van der Waals surface area contributed by atoms with Crippen LogP contribution in [-0.2, 0) is 9.59 Å². The van der Waals surface area contributed by atoms with Crippen molar-refractivity contribution < 1.29 is 9.59 Å². The predicted molar refractivity (Wildman–Crippen MR) is 72.7 cm³/mol. The first-order chi connectivity index (χ1) is 8.50. The number of hydrogen-bond donors (Lipinski definition) is 1. The van der Waals surface area contributed by atoms with Crippen molar-refractivity contribution in [3.63, 3.8) is 0 Å². The summed E-state index contributed by atoms with van der Waals surface area (Å²) in [5.74, 6) is -0.730. The van der Waals surface area contributed by atoms with Gasteiger partial charge in [-0.25, -0.2) is 0 Å². The van der Waals surface area contributed by atoms with Gasteiger partial charge in [-0.3, -0.25) is 19.8 Å². The van der Waals surface area contributed by atoms with Gasteiger partial charge in [0, 0.05) is 11.9 Å². The van der Waals surface area contributed by atoms with E-state index in [9.17, 15) is 9.59 Å². The minimum atomic E-state index is -0.407. The SMILES string of the molecule is CC(=O)N1C(=S)NC(=O)/C1=C\c1ccccc1Cl. The van der Waals surface area contributed by atoms with Gasteiger partial charge in [0.25, 0.3) is 5.91 Å². The Balaban J connectivity index is 2.48. The average Bonchev–Trinajstić information content (AvgIpc) is 2.57. The van der Waals surface area contributed by atoms with Crippen LogP contribution >= 0.6 is 23.8 Å². The van der Waals surface area contributed by atoms with Crippen LogP contribution in [0.3, 0.4) is 0 Å². The van der Waals surface area contributed by atoms with Crippen LogP contribution in [0.4, 0.5) is 0 Å². The van der Waals surface area contributed by atoms with Gasteiger partial charge in [0.15, 0.2) is 5.11 Å². The molecule has 1 saturated heterocycles. The van der Waals surface area contributed by atoms with Gasteiger partial charge >= 0.3 is 0 Å². The van der Waals surface area contributed by atoms with Gasteiger partial charge < -0.3 is 0 Å². The molecule has 18 heavy (non-hydrogen) atoms. The van der Waals surface area contributed by atoms with Crippen molar-refractivity contribution in [2.45, 2.75) is 6.92 Å². The molecule has 0 spiro atoms. The first-order valence-electron chi connectivity index (χ1n) is 5.13. The number of amides is 2. The Morgan fingerprint density at radius 1 is 1.44 bits per heavy atom. The Kier molecular flexibility index (Phi) is 3.45. The summed E-state index contributed by atoms with van der Waals surface area (Å²) in [5.41, 5.74) is 0.834. The maximum atomic E-state index is 11.7. The summed E-state index contributed by atoms with van der Waals surface area (Å²) in [6, 6.07) is 7.04. The zero-order chi connectivity index (χ0) is 13.3. The van der Waals surface area contributed by atoms with Crippen LogP contribution in [0.25, 0.3) is 6.08 Å². The van der Waals surface area contributed by atoms with Crippen molar-refractivity contribution in [3.8, 4) is 0 Å². The molecule has 0 atom stereocenters. The molecule has 0 unspecified atom stereocenters. The molecule has 1 N–H and O–H groups in total. The molecule has 0 aromatic heterocycles. The molecule has 1 heterocycles. The highest BCUT2D eigenvalue weighted by molar-refractivity contribution is 7.80. The molecule has 1 aromatic carbocycles. The topological polar surface area (TPSA) is 49.4 Å². The van der Waals surface area contributed by atoms with Crippen LogP contribution in [0, 0.1) is 0 Å². The monoisotopic (exact) mass is 280 g/mol. The molecule has 0 bridgehead atoms. The molecular weight excluding hydrogens is 272 g/mol. The number of nitrogens with zero attached hydrogens (tertiary/aromatic N) is 1. The zero-order valence-corrected chi connectivity index (χ0v) is 11.0. The minimum Gasteiger partial charge on any atom is -0.297 e. The Morgan fingerprint density at radius 3 is 2.72 bits per heavy atom. The predicted octanol–water partition coefficient (Wildman–Crippen LogP) is 1.94. The van der Waals surface area contributed by atoms with E-state index >= 15 is 0 Å². The second-order valence-electron chi connectivity index (χ2n) is 3.66. The summed E-state index contributed by atoms with van der Waals surface area (Å²) in [6.07, 6.45) is 1.54. The van der Waals surface area contributed by atoms with E-state index in [1.165, 1.54) is 6.92 Å². The molecule has 1 aromatic rings. The number of thiocarbonyl (C=S) groups is 1. The Hall–Kier alpha value is -1.72. The van der Waals surface area contributed by atoms with Crippen molar-refractivity contribution in [3.05, 3.63) is 40.5 Å². The quantitative estimate of drug-likeness (QED) is 0.632. The van der Waals surface area contributed by atoms with E-state index in [1.54, 1.807) is 30.3 Å². The fourth-order valence-electron chi connectivity index (χ4n) is 1.61. The standard InChI is InChI=1S/C12H9ClN2O2S/c1-7(16)15-10(11(17)14-12(15)18)6-8-4-2-3-5-9(8)13/h2-6H,1H3,(H,14,17,18)/b10-6+. The van der Waals surface area contributed by atoms with Crippen molar-refractivity contribution in [1.82, 2.24) is 10.2 Å². The van der Waals surface area contributed by atoms with Crippen LogP contribution < -0.4 is 5.32 Å². The first kappa shape index (κ1) is 12.7. The van der Waals surface area contributed by atoms with Gasteiger partial charge in [0.2, 0.25) is 5.91 Å². The lowest BCUT2D eigenvalue weighted by molar-refractivity contribution is -0.125. The largest absolute Gasteiger partial charge is 0.297 e. The zero-order valence-electron chi connectivity index (χ0n) is 9.44. The van der Waals surface area contributed by atoms with Crippen LogP contribution in [0.15, 0.2) is 30.0 Å². The van der Waals surface area contributed by atoms with Crippen LogP contribution in [0.1, 0.15) is 12.5 Å². The lowest BCUT2D eigenvalue weighted by atomic mass is 10.2. The third-order valence-corrected chi connectivity index (χ3v) is 3.04. The summed E-state index contributed by atoms with van der Waals surface area (Å²) >= 11 is 10.9. The molecular formula is C12H9ClN2O2S. The summed E-state index contributed by atoms with van der Waals surface area (Å²) in [6.45, 7) is 1.34. The third kappa shape index (κ3) is 2.27. The first-order valence-corrected chi connectivity index (χ1v) is 5.91. The van der Waals surface area contributed by atoms with Crippen molar-refractivity contribution in [1.29, 1.82) is 0 Å². The maximum absolute atomic E-state index is 11.7. The van der Waals surface area contributed by atoms with E-state index in [0.717, 1.165) is 4.90 Å². The molecule has 1 aliphatic heterocycles. The molecule has 1 aliphatic rings. The van der Waals surface area contributed by atoms with Gasteiger partial charge in [0.05, 0.1) is 0 Å². The van der Waals surface area contributed by atoms with Crippen LogP contribution in [0.5, 0.6) is 0 Å². The average molecular weight is 281 g/mol. The smallest absolute Gasteiger partial charge is 0.274 e. The van der Waals surface area contributed by atoms with E-state index in [-0.39, 0.29) is 16.7 Å². The highest BCUT2D eigenvalue weighted by Crippen LogP contribution is 2.22. The number of hydrogen-bond acceptors (Lipinski definition) is 3. The summed E-state index contributed by atoms with van der Waals surface area (Å²) < 4.78 is 0. The van der Waals surface area contributed by atoms with Gasteiger partial charge in [0.1, 0.15) is 5.70 Å². The van der Waals surface area contributed by atoms with E-state index in [0.29, 0.717) is 10.6 Å². The Morgan fingerprint density at radius 2 is 2.11 bits per heavy atom. The van der Waals surface area contributed by atoms with E-state index < -0.39 is 5.91 Å². The highest BCUT2D eigenvalue weighted by Gasteiger charge is 2.32. The van der Waals surface area contributed by atoms with Crippen molar-refractivity contribution in [2.24, 2.45) is 0 Å². The molecule has 0 aliphatic carbocycles. The number of carbonyl (C=O) groups is 2. The number of nitrogens with one attached hydrogen (secondary N) is 1. The van der Waals surface area contributed by atoms with Gasteiger partial charge in [-0.1, -0.05) is 29.8 Å². The second kappa shape index (κ2) is 4.88. The molecule has 4 nitrogen and oxygen atoms in total. The van der Waals surface area contributed by atoms with Gasteiger partial charge in [-0.15, -0.1) is 0 Å². The summed E-state index contributed by atoms with van der Waals surface area (Å²) in [5, 5.41) is 3.01. The summed E-state index contributed by atoms with van der Waals surface area (Å²) in [7, 11) is 0. The van der Waals surface area contributed by atoms with E-state index in [2.05, 4.69) is 5.32 Å². The number of rotatable bonds is 1. The number of carbonyl (C=O) groups excluding carboxylic acids is 2. The molecule has 2 rings (SSSR count). The molecule has 6 heteroatoms. The maximum Gasteiger partial charge on any atom is 0.274 e. The van der Waals surface area contributed by atoms with Crippen molar-refractivity contribution in [2.75, 3.05) is 0 Å². The lowest BCUT2D eigenvalue weighted by Crippen LogP contribution is -2.31. The highest BCUT2D eigenvalue weighted by atomic mass is 35.5. The van der Waals surface area contributed by atoms with E-state index in [1.807, 2.05) is 0 Å². The normalized spacial score (nSPS) is 17.2. The fraction of sp³-hybridized carbons (Fsp3) is 0.0833. The van der Waals surface area contributed by atoms with Gasteiger partial charge in [-0.2, -0.15) is 0 Å². The Bertz CT molecular complexity index is 583. The van der Waals surface area contributed by atoms with Crippen LogP contribution in [0.2, 0.25) is 5.02 Å². The van der Waals surface area contributed by atoms with Crippen molar-refractivity contribution >= 4 is 46.8 Å². The fourth-order valence-corrected chi connectivity index (χ4v) is 2.12. The Labute approximate surface area is 114 Å².